The SMILES string of the molecule is CC(C)c1ccccc1CNC(=O)NCCC1COc2ccccc2O1. The van der Waals surface area contributed by atoms with Gasteiger partial charge in [0.05, 0.1) is 0 Å². The van der Waals surface area contributed by atoms with Crippen LogP contribution in [0.1, 0.15) is 37.3 Å². The summed E-state index contributed by atoms with van der Waals surface area (Å²) in [6.07, 6.45) is 0.650. The van der Waals surface area contributed by atoms with Crippen molar-refractivity contribution in [2.75, 3.05) is 13.2 Å². The van der Waals surface area contributed by atoms with Crippen molar-refractivity contribution in [2.24, 2.45) is 0 Å². The number of carbonyl (C=O) groups is 1. The lowest BCUT2D eigenvalue weighted by Gasteiger charge is -2.26. The molecule has 1 aliphatic rings. The fraction of sp³-hybridized carbons (Fsp3) is 0.381. The van der Waals surface area contributed by atoms with E-state index in [1.807, 2.05) is 36.4 Å². The van der Waals surface area contributed by atoms with E-state index in [-0.39, 0.29) is 12.1 Å². The molecule has 0 spiro atoms. The van der Waals surface area contributed by atoms with Gasteiger partial charge in [-0.15, -0.1) is 0 Å². The number of benzene rings is 2. The lowest BCUT2D eigenvalue weighted by atomic mass is 9.97. The van der Waals surface area contributed by atoms with Crippen LogP contribution in [0.25, 0.3) is 0 Å². The van der Waals surface area contributed by atoms with Crippen LogP contribution >= 0.6 is 0 Å². The third-order valence-electron chi connectivity index (χ3n) is 4.44. The first-order valence-electron chi connectivity index (χ1n) is 9.11. The predicted octanol–water partition coefficient (Wildman–Crippen LogP) is 3.84. The van der Waals surface area contributed by atoms with Gasteiger partial charge >= 0.3 is 6.03 Å². The Labute approximate surface area is 154 Å². The van der Waals surface area contributed by atoms with Gasteiger partial charge in [-0.1, -0.05) is 50.2 Å². The second kappa shape index (κ2) is 8.61. The minimum absolute atomic E-state index is 0.0492. The number of nitrogens with one attached hydrogen (secondary N) is 2. The van der Waals surface area contributed by atoms with Crippen molar-refractivity contribution in [3.8, 4) is 11.5 Å². The van der Waals surface area contributed by atoms with E-state index >= 15 is 0 Å². The van der Waals surface area contributed by atoms with E-state index < -0.39 is 0 Å². The molecule has 1 unspecified atom stereocenters. The maximum absolute atomic E-state index is 12.0. The third-order valence-corrected chi connectivity index (χ3v) is 4.44. The molecular weight excluding hydrogens is 328 g/mol. The lowest BCUT2D eigenvalue weighted by molar-refractivity contribution is 0.0853. The Hall–Kier alpha value is -2.69. The van der Waals surface area contributed by atoms with E-state index in [0.717, 1.165) is 17.1 Å². The van der Waals surface area contributed by atoms with Gasteiger partial charge in [-0.2, -0.15) is 0 Å². The van der Waals surface area contributed by atoms with Gasteiger partial charge in [0.25, 0.3) is 0 Å². The average Bonchev–Trinajstić information content (AvgIpc) is 2.66. The molecule has 0 saturated heterocycles. The van der Waals surface area contributed by atoms with Crippen molar-refractivity contribution in [1.82, 2.24) is 10.6 Å². The summed E-state index contributed by atoms with van der Waals surface area (Å²) >= 11 is 0. The van der Waals surface area contributed by atoms with Crippen LogP contribution in [-0.2, 0) is 6.54 Å². The standard InChI is InChI=1S/C21H26N2O3/c1-15(2)18-8-4-3-7-16(18)13-23-21(24)22-12-11-17-14-25-19-9-5-6-10-20(19)26-17/h3-10,15,17H,11-14H2,1-2H3,(H2,22,23,24). The molecule has 0 saturated carbocycles. The van der Waals surface area contributed by atoms with Crippen molar-refractivity contribution in [3.05, 3.63) is 59.7 Å². The summed E-state index contributed by atoms with van der Waals surface area (Å²) in [5.74, 6) is 1.97. The maximum Gasteiger partial charge on any atom is 0.315 e. The number of carbonyl (C=O) groups excluding carboxylic acids is 1. The van der Waals surface area contributed by atoms with Crippen molar-refractivity contribution in [3.63, 3.8) is 0 Å². The first-order chi connectivity index (χ1) is 12.6. The van der Waals surface area contributed by atoms with Crippen LogP contribution in [0.5, 0.6) is 11.5 Å². The van der Waals surface area contributed by atoms with E-state index in [2.05, 4.69) is 36.6 Å². The summed E-state index contributed by atoms with van der Waals surface area (Å²) in [6, 6.07) is 15.7. The van der Waals surface area contributed by atoms with Gasteiger partial charge in [0.1, 0.15) is 12.7 Å². The van der Waals surface area contributed by atoms with E-state index in [0.29, 0.717) is 32.0 Å². The van der Waals surface area contributed by atoms with Crippen LogP contribution in [0.15, 0.2) is 48.5 Å². The fourth-order valence-electron chi connectivity index (χ4n) is 3.05. The zero-order valence-electron chi connectivity index (χ0n) is 15.3. The molecule has 0 fully saturated rings. The smallest absolute Gasteiger partial charge is 0.315 e. The number of fused-ring (bicyclic) bond motifs is 1. The van der Waals surface area contributed by atoms with Crippen molar-refractivity contribution >= 4 is 6.03 Å². The van der Waals surface area contributed by atoms with Crippen LogP contribution < -0.4 is 20.1 Å². The minimum Gasteiger partial charge on any atom is -0.486 e. The molecule has 138 valence electrons. The molecule has 0 aromatic heterocycles. The van der Waals surface area contributed by atoms with Gasteiger partial charge < -0.3 is 20.1 Å². The van der Waals surface area contributed by atoms with E-state index in [4.69, 9.17) is 9.47 Å². The molecule has 3 rings (SSSR count). The van der Waals surface area contributed by atoms with Gasteiger partial charge in [-0.05, 0) is 29.2 Å². The number of hydrogen-bond acceptors (Lipinski definition) is 3. The lowest BCUT2D eigenvalue weighted by Crippen LogP contribution is -2.39. The molecule has 0 bridgehead atoms. The molecule has 2 aromatic rings. The molecule has 0 aliphatic carbocycles. The summed E-state index contributed by atoms with van der Waals surface area (Å²) in [4.78, 5) is 12.0. The highest BCUT2D eigenvalue weighted by Gasteiger charge is 2.20. The van der Waals surface area contributed by atoms with Gasteiger partial charge in [-0.3, -0.25) is 0 Å². The molecule has 2 N–H and O–H groups in total. The van der Waals surface area contributed by atoms with Crippen molar-refractivity contribution < 1.29 is 14.3 Å². The quantitative estimate of drug-likeness (QED) is 0.829. The number of para-hydroxylation sites is 2. The second-order valence-electron chi connectivity index (χ2n) is 6.75. The third kappa shape index (κ3) is 4.69. The first-order valence-corrected chi connectivity index (χ1v) is 9.11. The summed E-state index contributed by atoms with van der Waals surface area (Å²) in [5.41, 5.74) is 2.41. The second-order valence-corrected chi connectivity index (χ2v) is 6.75. The predicted molar refractivity (Wildman–Crippen MR) is 102 cm³/mol. The Balaban J connectivity index is 1.40. The highest BCUT2D eigenvalue weighted by atomic mass is 16.6. The summed E-state index contributed by atoms with van der Waals surface area (Å²) in [7, 11) is 0. The maximum atomic E-state index is 12.0. The zero-order valence-corrected chi connectivity index (χ0v) is 15.3. The first kappa shape index (κ1) is 18.1. The highest BCUT2D eigenvalue weighted by molar-refractivity contribution is 5.73. The topological polar surface area (TPSA) is 59.6 Å². The van der Waals surface area contributed by atoms with Gasteiger partial charge in [-0.25, -0.2) is 4.79 Å². The number of hydrogen-bond donors (Lipinski definition) is 2. The monoisotopic (exact) mass is 354 g/mol. The highest BCUT2D eigenvalue weighted by Crippen LogP contribution is 2.31. The molecule has 2 aromatic carbocycles. The minimum atomic E-state index is -0.166. The molecule has 1 atom stereocenters. The van der Waals surface area contributed by atoms with Crippen LogP contribution in [-0.4, -0.2) is 25.3 Å². The number of urea groups is 1. The Morgan fingerprint density at radius 1 is 1.08 bits per heavy atom. The number of amides is 2. The van der Waals surface area contributed by atoms with Crippen LogP contribution in [0.4, 0.5) is 4.79 Å². The number of rotatable bonds is 6. The van der Waals surface area contributed by atoms with Crippen molar-refractivity contribution in [1.29, 1.82) is 0 Å². The molecule has 26 heavy (non-hydrogen) atoms. The molecule has 5 heteroatoms. The molecule has 1 aliphatic heterocycles. The van der Waals surface area contributed by atoms with Crippen LogP contribution in [0.3, 0.4) is 0 Å². The molecule has 0 radical (unpaired) electrons. The molecule has 1 heterocycles. The summed E-state index contributed by atoms with van der Waals surface area (Å²) in [6.45, 7) is 5.87. The molecular formula is C21H26N2O3. The Bertz CT molecular complexity index is 746. The Morgan fingerprint density at radius 2 is 1.81 bits per heavy atom. The van der Waals surface area contributed by atoms with E-state index in [9.17, 15) is 4.79 Å². The van der Waals surface area contributed by atoms with Gasteiger partial charge in [0.15, 0.2) is 11.5 Å². The van der Waals surface area contributed by atoms with Crippen LogP contribution in [0.2, 0.25) is 0 Å². The summed E-state index contributed by atoms with van der Waals surface area (Å²) in [5, 5.41) is 5.81. The Morgan fingerprint density at radius 3 is 2.62 bits per heavy atom. The average molecular weight is 354 g/mol. The Kier molecular flexibility index (Phi) is 6.00. The molecule has 2 amide bonds. The van der Waals surface area contributed by atoms with Gasteiger partial charge in [0, 0.05) is 19.5 Å². The molecule has 5 nitrogen and oxygen atoms in total. The normalized spacial score (nSPS) is 15.6. The van der Waals surface area contributed by atoms with E-state index in [1.54, 1.807) is 0 Å². The van der Waals surface area contributed by atoms with Gasteiger partial charge in [0.2, 0.25) is 0 Å². The van der Waals surface area contributed by atoms with Crippen LogP contribution in [0, 0.1) is 0 Å². The summed E-state index contributed by atoms with van der Waals surface area (Å²) < 4.78 is 11.6. The van der Waals surface area contributed by atoms with E-state index in [1.165, 1.54) is 5.56 Å². The largest absolute Gasteiger partial charge is 0.486 e. The fourth-order valence-corrected chi connectivity index (χ4v) is 3.05. The van der Waals surface area contributed by atoms with Crippen molar-refractivity contribution in [2.45, 2.75) is 38.8 Å². The zero-order chi connectivity index (χ0) is 18.4. The number of ether oxygens (including phenoxy) is 2.